The fraction of sp³-hybridized carbons (Fsp3) is 0.316. The van der Waals surface area contributed by atoms with E-state index in [1.165, 1.54) is 28.0 Å². The van der Waals surface area contributed by atoms with Crippen LogP contribution in [0.1, 0.15) is 39.7 Å². The van der Waals surface area contributed by atoms with Crippen molar-refractivity contribution in [1.29, 1.82) is 0 Å². The fourth-order valence-electron chi connectivity index (χ4n) is 3.57. The van der Waals surface area contributed by atoms with E-state index in [1.54, 1.807) is 4.57 Å². The molecule has 0 unspecified atom stereocenters. The van der Waals surface area contributed by atoms with Crippen LogP contribution in [0.25, 0.3) is 21.6 Å². The summed E-state index contributed by atoms with van der Waals surface area (Å²) >= 11 is 1.51. The number of aromatic carboxylic acids is 1. The number of carboxylic acids is 1. The maximum Gasteiger partial charge on any atom is 0.341 e. The van der Waals surface area contributed by atoms with Gasteiger partial charge in [0.05, 0.1) is 10.3 Å². The third-order valence-electron chi connectivity index (χ3n) is 5.12. The van der Waals surface area contributed by atoms with Gasteiger partial charge in [-0.3, -0.25) is 4.79 Å². The zero-order chi connectivity index (χ0) is 18.7. The molecule has 1 aliphatic heterocycles. The van der Waals surface area contributed by atoms with Gasteiger partial charge >= 0.3 is 5.97 Å². The number of hydrogen-bond donors (Lipinski definition) is 2. The molecule has 5 rings (SSSR count). The lowest BCUT2D eigenvalue weighted by molar-refractivity contribution is 0.0695. The number of halogens is 1. The van der Waals surface area contributed by atoms with Crippen molar-refractivity contribution in [2.45, 2.75) is 31.8 Å². The Hall–Kier alpha value is -2.58. The highest BCUT2D eigenvalue weighted by Crippen LogP contribution is 2.38. The molecule has 27 heavy (non-hydrogen) atoms. The van der Waals surface area contributed by atoms with Crippen LogP contribution < -0.4 is 10.7 Å². The highest BCUT2D eigenvalue weighted by molar-refractivity contribution is 7.15. The van der Waals surface area contributed by atoms with Crippen LogP contribution in [0.4, 0.5) is 4.39 Å². The van der Waals surface area contributed by atoms with Crippen molar-refractivity contribution in [1.82, 2.24) is 14.9 Å². The van der Waals surface area contributed by atoms with Crippen LogP contribution in [-0.2, 0) is 13.0 Å². The summed E-state index contributed by atoms with van der Waals surface area (Å²) in [7, 11) is 0. The van der Waals surface area contributed by atoms with Gasteiger partial charge in [-0.05, 0) is 43.5 Å². The van der Waals surface area contributed by atoms with Crippen molar-refractivity contribution in [2.24, 2.45) is 0 Å². The van der Waals surface area contributed by atoms with E-state index >= 15 is 0 Å². The summed E-state index contributed by atoms with van der Waals surface area (Å²) in [5.41, 5.74) is 0.742. The van der Waals surface area contributed by atoms with Crippen molar-refractivity contribution in [2.75, 3.05) is 6.54 Å². The third kappa shape index (κ3) is 2.67. The van der Waals surface area contributed by atoms with Gasteiger partial charge in [-0.2, -0.15) is 0 Å². The number of hydrogen-bond acceptors (Lipinski definition) is 5. The van der Waals surface area contributed by atoms with Gasteiger partial charge < -0.3 is 15.0 Å². The average molecular weight is 385 g/mol. The van der Waals surface area contributed by atoms with Gasteiger partial charge in [0.25, 0.3) is 0 Å². The number of aromatic nitrogens is 2. The van der Waals surface area contributed by atoms with E-state index in [0.717, 1.165) is 43.3 Å². The van der Waals surface area contributed by atoms with Gasteiger partial charge in [-0.15, -0.1) is 11.3 Å². The molecule has 0 aromatic carbocycles. The number of carboxylic acid groups (broad SMARTS) is 1. The van der Waals surface area contributed by atoms with Gasteiger partial charge in [-0.25, -0.2) is 14.2 Å². The molecule has 2 aliphatic rings. The van der Waals surface area contributed by atoms with Gasteiger partial charge in [0.15, 0.2) is 5.82 Å². The summed E-state index contributed by atoms with van der Waals surface area (Å²) in [4.78, 5) is 30.3. The molecule has 0 spiro atoms. The minimum absolute atomic E-state index is 0.0195. The first-order valence-electron chi connectivity index (χ1n) is 8.84. The van der Waals surface area contributed by atoms with Gasteiger partial charge in [-0.1, -0.05) is 0 Å². The zero-order valence-corrected chi connectivity index (χ0v) is 15.1. The minimum Gasteiger partial charge on any atom is -0.477 e. The van der Waals surface area contributed by atoms with Gasteiger partial charge in [0.2, 0.25) is 5.43 Å². The monoisotopic (exact) mass is 385 g/mol. The first-order valence-corrected chi connectivity index (χ1v) is 9.66. The molecule has 1 aliphatic carbocycles. The van der Waals surface area contributed by atoms with E-state index < -0.39 is 17.2 Å². The smallest absolute Gasteiger partial charge is 0.341 e. The topological polar surface area (TPSA) is 84.2 Å². The van der Waals surface area contributed by atoms with Crippen LogP contribution in [0.2, 0.25) is 0 Å². The Morgan fingerprint density at radius 2 is 2.19 bits per heavy atom. The van der Waals surface area contributed by atoms with Crippen LogP contribution in [0.15, 0.2) is 23.1 Å². The molecule has 0 atom stereocenters. The second-order valence-electron chi connectivity index (χ2n) is 6.99. The number of rotatable bonds is 3. The standard InChI is InChI=1S/C19H16FN3O3S/c20-13-6-11-17(24)12(19(25)26)8-23(10-1-2-10)18(11)22-16(13)14-5-9-3-4-21-7-15(9)27-14/h5-6,8,10,21H,1-4,7H2,(H,25,26). The highest BCUT2D eigenvalue weighted by Gasteiger charge is 2.28. The van der Waals surface area contributed by atoms with Crippen LogP contribution in [0, 0.1) is 5.82 Å². The highest BCUT2D eigenvalue weighted by atomic mass is 32.1. The van der Waals surface area contributed by atoms with Gasteiger partial charge in [0, 0.05) is 23.7 Å². The molecule has 138 valence electrons. The predicted octanol–water partition coefficient (Wildman–Crippen LogP) is 2.94. The minimum atomic E-state index is -1.31. The van der Waals surface area contributed by atoms with E-state index in [1.807, 2.05) is 6.07 Å². The third-order valence-corrected chi connectivity index (χ3v) is 6.30. The number of nitrogens with zero attached hydrogens (tertiary/aromatic N) is 2. The molecular weight excluding hydrogens is 369 g/mol. The number of thiophene rings is 1. The SMILES string of the molecule is O=C(O)c1cn(C2CC2)c2nc(-c3cc4c(s3)CNCC4)c(F)cc2c1=O. The van der Waals surface area contributed by atoms with E-state index in [9.17, 15) is 19.1 Å². The van der Waals surface area contributed by atoms with E-state index in [2.05, 4.69) is 10.3 Å². The Balaban J connectivity index is 1.76. The lowest BCUT2D eigenvalue weighted by Crippen LogP contribution is -2.21. The van der Waals surface area contributed by atoms with E-state index in [-0.39, 0.29) is 22.7 Å². The second-order valence-corrected chi connectivity index (χ2v) is 8.13. The number of carbonyl (C=O) groups is 1. The average Bonchev–Trinajstić information content (AvgIpc) is 3.39. The van der Waals surface area contributed by atoms with Crippen LogP contribution in [-0.4, -0.2) is 27.2 Å². The van der Waals surface area contributed by atoms with Crippen molar-refractivity contribution in [3.05, 3.63) is 50.4 Å². The Morgan fingerprint density at radius 3 is 2.89 bits per heavy atom. The predicted molar refractivity (Wildman–Crippen MR) is 99.9 cm³/mol. The molecule has 1 saturated carbocycles. The largest absolute Gasteiger partial charge is 0.477 e. The quantitative estimate of drug-likeness (QED) is 0.724. The summed E-state index contributed by atoms with van der Waals surface area (Å²) in [6, 6.07) is 3.23. The molecule has 0 bridgehead atoms. The number of pyridine rings is 2. The first-order chi connectivity index (χ1) is 13.0. The fourth-order valence-corrected chi connectivity index (χ4v) is 4.75. The van der Waals surface area contributed by atoms with E-state index in [0.29, 0.717) is 5.65 Å². The molecule has 0 amide bonds. The van der Waals surface area contributed by atoms with Crippen molar-refractivity contribution in [3.63, 3.8) is 0 Å². The molecule has 8 heteroatoms. The normalized spacial score (nSPS) is 16.5. The first kappa shape index (κ1) is 16.6. The molecule has 0 radical (unpaired) electrons. The zero-order valence-electron chi connectivity index (χ0n) is 14.3. The molecule has 6 nitrogen and oxygen atoms in total. The van der Waals surface area contributed by atoms with Gasteiger partial charge in [0.1, 0.15) is 16.9 Å². The maximum atomic E-state index is 14.9. The molecule has 0 saturated heterocycles. The van der Waals surface area contributed by atoms with E-state index in [4.69, 9.17) is 0 Å². The Labute approximate surface area is 157 Å². The molecular formula is C19H16FN3O3S. The Kier molecular flexibility index (Phi) is 3.66. The Morgan fingerprint density at radius 1 is 1.37 bits per heavy atom. The molecule has 1 fully saturated rings. The van der Waals surface area contributed by atoms with Crippen LogP contribution in [0.5, 0.6) is 0 Å². The van der Waals surface area contributed by atoms with Crippen molar-refractivity contribution in [3.8, 4) is 10.6 Å². The Bertz CT molecular complexity index is 1140. The summed E-state index contributed by atoms with van der Waals surface area (Å²) < 4.78 is 16.6. The molecule has 4 heterocycles. The maximum absolute atomic E-state index is 14.9. The van der Waals surface area contributed by atoms with Crippen LogP contribution >= 0.6 is 11.3 Å². The summed E-state index contributed by atoms with van der Waals surface area (Å²) in [6.07, 6.45) is 4.03. The molecule has 2 N–H and O–H groups in total. The molecule has 3 aromatic rings. The summed E-state index contributed by atoms with van der Waals surface area (Å²) in [6.45, 7) is 1.67. The summed E-state index contributed by atoms with van der Waals surface area (Å²) in [5, 5.41) is 12.6. The second kappa shape index (κ2) is 5.97. The van der Waals surface area contributed by atoms with Crippen LogP contribution in [0.3, 0.4) is 0 Å². The van der Waals surface area contributed by atoms with Crippen molar-refractivity contribution >= 4 is 28.3 Å². The summed E-state index contributed by atoms with van der Waals surface area (Å²) in [5.74, 6) is -1.91. The van der Waals surface area contributed by atoms with Crippen molar-refractivity contribution < 1.29 is 14.3 Å². The lowest BCUT2D eigenvalue weighted by Gasteiger charge is -2.12. The lowest BCUT2D eigenvalue weighted by atomic mass is 10.1. The molecule has 3 aromatic heterocycles. The number of fused-ring (bicyclic) bond motifs is 2. The number of nitrogens with one attached hydrogen (secondary N) is 1.